The van der Waals surface area contributed by atoms with Gasteiger partial charge in [-0.15, -0.1) is 0 Å². The molecule has 6 heteroatoms. The van der Waals surface area contributed by atoms with E-state index in [2.05, 4.69) is 10.1 Å². The highest BCUT2D eigenvalue weighted by Crippen LogP contribution is 2.30. The fourth-order valence-electron chi connectivity index (χ4n) is 2.24. The van der Waals surface area contributed by atoms with E-state index in [4.69, 9.17) is 17.3 Å². The molecule has 0 unspecified atom stereocenters. The average molecular weight is 313 g/mol. The molecule has 22 heavy (non-hydrogen) atoms. The molecule has 0 fully saturated rings. The van der Waals surface area contributed by atoms with Crippen LogP contribution in [0.3, 0.4) is 0 Å². The minimum Gasteiger partial charge on any atom is -0.364 e. The number of benzene rings is 1. The third-order valence-electron chi connectivity index (χ3n) is 3.26. The molecule has 1 aromatic carbocycles. The third-order valence-corrected chi connectivity index (χ3v) is 3.59. The lowest BCUT2D eigenvalue weighted by atomic mass is 10.1. The van der Waals surface area contributed by atoms with Gasteiger partial charge in [-0.05, 0) is 25.1 Å². The van der Waals surface area contributed by atoms with Gasteiger partial charge < -0.3 is 5.73 Å². The van der Waals surface area contributed by atoms with Crippen LogP contribution in [0.1, 0.15) is 16.2 Å². The monoisotopic (exact) mass is 312 g/mol. The Labute approximate surface area is 132 Å². The van der Waals surface area contributed by atoms with Crippen molar-refractivity contribution < 1.29 is 4.79 Å². The molecule has 0 radical (unpaired) electrons. The summed E-state index contributed by atoms with van der Waals surface area (Å²) in [7, 11) is 0. The average Bonchev–Trinajstić information content (AvgIpc) is 2.93. The van der Waals surface area contributed by atoms with Crippen molar-refractivity contribution in [2.75, 3.05) is 0 Å². The van der Waals surface area contributed by atoms with Gasteiger partial charge in [0.05, 0.1) is 5.69 Å². The van der Waals surface area contributed by atoms with Gasteiger partial charge in [-0.2, -0.15) is 5.10 Å². The predicted molar refractivity (Wildman–Crippen MR) is 85.1 cm³/mol. The number of hydrogen-bond donors (Lipinski definition) is 1. The van der Waals surface area contributed by atoms with Crippen molar-refractivity contribution in [3.63, 3.8) is 0 Å². The molecule has 2 heterocycles. The van der Waals surface area contributed by atoms with Gasteiger partial charge in [0.2, 0.25) is 0 Å². The van der Waals surface area contributed by atoms with Gasteiger partial charge >= 0.3 is 0 Å². The Morgan fingerprint density at radius 1 is 1.23 bits per heavy atom. The summed E-state index contributed by atoms with van der Waals surface area (Å²) in [5.41, 5.74) is 8.61. The molecular formula is C16H13ClN4O. The van der Waals surface area contributed by atoms with Crippen LogP contribution in [0.25, 0.3) is 16.8 Å². The number of amides is 1. The maximum atomic E-state index is 11.7. The van der Waals surface area contributed by atoms with E-state index < -0.39 is 5.91 Å². The number of pyridine rings is 1. The standard InChI is InChI=1S/C16H13ClN4O/c1-10-8-11(6-7-19-10)21-9-13(15(20-21)16(18)22)12-4-2-3-5-14(12)17/h2-9H,1H3,(H2,18,22). The van der Waals surface area contributed by atoms with Crippen LogP contribution in [-0.2, 0) is 0 Å². The van der Waals surface area contributed by atoms with Crippen LogP contribution < -0.4 is 5.73 Å². The van der Waals surface area contributed by atoms with E-state index in [9.17, 15) is 4.79 Å². The zero-order valence-electron chi connectivity index (χ0n) is 11.8. The second-order valence-electron chi connectivity index (χ2n) is 4.84. The molecule has 3 rings (SSSR count). The largest absolute Gasteiger partial charge is 0.364 e. The highest BCUT2D eigenvalue weighted by Gasteiger charge is 2.18. The van der Waals surface area contributed by atoms with Crippen molar-refractivity contribution in [1.82, 2.24) is 14.8 Å². The molecule has 0 saturated heterocycles. The Morgan fingerprint density at radius 2 is 2.00 bits per heavy atom. The van der Waals surface area contributed by atoms with E-state index >= 15 is 0 Å². The maximum absolute atomic E-state index is 11.7. The molecule has 110 valence electrons. The van der Waals surface area contributed by atoms with Crippen molar-refractivity contribution in [2.24, 2.45) is 5.73 Å². The normalized spacial score (nSPS) is 10.6. The number of carbonyl (C=O) groups is 1. The highest BCUT2D eigenvalue weighted by molar-refractivity contribution is 6.33. The quantitative estimate of drug-likeness (QED) is 0.808. The molecule has 1 amide bonds. The lowest BCUT2D eigenvalue weighted by molar-refractivity contribution is 0.0996. The van der Waals surface area contributed by atoms with Gasteiger partial charge in [0, 0.05) is 34.2 Å². The Balaban J connectivity index is 2.19. The molecule has 0 aliphatic rings. The Hall–Kier alpha value is -2.66. The van der Waals surface area contributed by atoms with Crippen LogP contribution in [0, 0.1) is 6.92 Å². The number of rotatable bonds is 3. The van der Waals surface area contributed by atoms with Crippen molar-refractivity contribution >= 4 is 17.5 Å². The molecule has 0 aliphatic carbocycles. The molecule has 0 bridgehead atoms. The zero-order valence-corrected chi connectivity index (χ0v) is 12.6. The number of nitrogens with zero attached hydrogens (tertiary/aromatic N) is 3. The molecule has 3 aromatic rings. The summed E-state index contributed by atoms with van der Waals surface area (Å²) in [6, 6.07) is 10.9. The van der Waals surface area contributed by atoms with Gasteiger partial charge in [0.1, 0.15) is 0 Å². The Kier molecular flexibility index (Phi) is 3.65. The number of primary amides is 1. The maximum Gasteiger partial charge on any atom is 0.269 e. The lowest BCUT2D eigenvalue weighted by Gasteiger charge is -2.02. The van der Waals surface area contributed by atoms with E-state index in [0.29, 0.717) is 10.6 Å². The van der Waals surface area contributed by atoms with Crippen LogP contribution in [0.2, 0.25) is 5.02 Å². The number of nitrogens with two attached hydrogens (primary N) is 1. The first-order valence-corrected chi connectivity index (χ1v) is 7.01. The second-order valence-corrected chi connectivity index (χ2v) is 5.24. The van der Waals surface area contributed by atoms with Gasteiger partial charge in [-0.25, -0.2) is 4.68 Å². The summed E-state index contributed by atoms with van der Waals surface area (Å²) in [5.74, 6) is -0.598. The van der Waals surface area contributed by atoms with Crippen molar-refractivity contribution in [3.05, 3.63) is 65.2 Å². The number of halogens is 1. The van der Waals surface area contributed by atoms with Crippen LogP contribution >= 0.6 is 11.6 Å². The van der Waals surface area contributed by atoms with E-state index in [0.717, 1.165) is 16.9 Å². The van der Waals surface area contributed by atoms with E-state index in [1.165, 1.54) is 0 Å². The zero-order chi connectivity index (χ0) is 15.7. The van der Waals surface area contributed by atoms with Crippen molar-refractivity contribution in [1.29, 1.82) is 0 Å². The van der Waals surface area contributed by atoms with Crippen molar-refractivity contribution in [3.8, 4) is 16.8 Å². The first-order chi connectivity index (χ1) is 10.6. The fraction of sp³-hybridized carbons (Fsp3) is 0.0625. The second kappa shape index (κ2) is 5.61. The summed E-state index contributed by atoms with van der Waals surface area (Å²) >= 11 is 6.22. The first kappa shape index (κ1) is 14.3. The minimum absolute atomic E-state index is 0.183. The summed E-state index contributed by atoms with van der Waals surface area (Å²) in [6.07, 6.45) is 3.43. The van der Waals surface area contributed by atoms with Crippen molar-refractivity contribution in [2.45, 2.75) is 6.92 Å². The number of aryl methyl sites for hydroxylation is 1. The molecule has 2 aromatic heterocycles. The van der Waals surface area contributed by atoms with E-state index in [1.54, 1.807) is 29.2 Å². The van der Waals surface area contributed by atoms with Crippen LogP contribution in [0.15, 0.2) is 48.8 Å². The summed E-state index contributed by atoms with van der Waals surface area (Å²) in [4.78, 5) is 15.9. The molecule has 0 aliphatic heterocycles. The van der Waals surface area contributed by atoms with E-state index in [1.807, 2.05) is 31.2 Å². The molecule has 0 atom stereocenters. The number of aromatic nitrogens is 3. The third kappa shape index (κ3) is 2.58. The predicted octanol–water partition coefficient (Wildman–Crippen LogP) is 3.00. The molecule has 0 saturated carbocycles. The number of carbonyl (C=O) groups excluding carboxylic acids is 1. The first-order valence-electron chi connectivity index (χ1n) is 6.63. The summed E-state index contributed by atoms with van der Waals surface area (Å²) in [6.45, 7) is 1.89. The van der Waals surface area contributed by atoms with Gasteiger partial charge in [-0.1, -0.05) is 29.8 Å². The minimum atomic E-state index is -0.598. The molecule has 0 spiro atoms. The molecule has 2 N–H and O–H groups in total. The van der Waals surface area contributed by atoms with Gasteiger partial charge in [0.15, 0.2) is 5.69 Å². The van der Waals surface area contributed by atoms with Gasteiger partial charge in [0.25, 0.3) is 5.91 Å². The van der Waals surface area contributed by atoms with Crippen LogP contribution in [0.4, 0.5) is 0 Å². The smallest absolute Gasteiger partial charge is 0.269 e. The Morgan fingerprint density at radius 3 is 2.68 bits per heavy atom. The Bertz CT molecular complexity index is 857. The highest BCUT2D eigenvalue weighted by atomic mass is 35.5. The van der Waals surface area contributed by atoms with Gasteiger partial charge in [-0.3, -0.25) is 9.78 Å². The van der Waals surface area contributed by atoms with E-state index in [-0.39, 0.29) is 5.69 Å². The van der Waals surface area contributed by atoms with Crippen LogP contribution in [0.5, 0.6) is 0 Å². The molecular weight excluding hydrogens is 300 g/mol. The lowest BCUT2D eigenvalue weighted by Crippen LogP contribution is -2.13. The molecule has 5 nitrogen and oxygen atoms in total. The number of hydrogen-bond acceptors (Lipinski definition) is 3. The topological polar surface area (TPSA) is 73.8 Å². The van der Waals surface area contributed by atoms with Crippen LogP contribution in [-0.4, -0.2) is 20.7 Å². The SMILES string of the molecule is Cc1cc(-n2cc(-c3ccccc3Cl)c(C(N)=O)n2)ccn1. The summed E-state index contributed by atoms with van der Waals surface area (Å²) in [5, 5.41) is 4.83. The fourth-order valence-corrected chi connectivity index (χ4v) is 2.48. The summed E-state index contributed by atoms with van der Waals surface area (Å²) < 4.78 is 1.60.